The Morgan fingerprint density at radius 2 is 1.78 bits per heavy atom. The van der Waals surface area contributed by atoms with E-state index in [0.29, 0.717) is 11.5 Å². The smallest absolute Gasteiger partial charge is 0.335 e. The molecule has 0 aromatic heterocycles. The Hall–Kier alpha value is -2.13. The second-order valence-corrected chi connectivity index (χ2v) is 6.83. The van der Waals surface area contributed by atoms with Gasteiger partial charge in [-0.2, -0.15) is 0 Å². The van der Waals surface area contributed by atoms with E-state index in [1.54, 1.807) is 12.1 Å². The highest BCUT2D eigenvalue weighted by molar-refractivity contribution is 5.87. The highest BCUT2D eigenvalue weighted by Crippen LogP contribution is 2.42. The second-order valence-electron chi connectivity index (χ2n) is 6.83. The van der Waals surface area contributed by atoms with Gasteiger partial charge >= 0.3 is 5.97 Å². The molecule has 1 fully saturated rings. The third kappa shape index (κ3) is 3.15. The molecule has 1 aliphatic heterocycles. The van der Waals surface area contributed by atoms with Crippen molar-refractivity contribution in [1.82, 2.24) is 4.90 Å². The lowest BCUT2D eigenvalue weighted by atomic mass is 9.82. The van der Waals surface area contributed by atoms with Crippen molar-refractivity contribution in [2.24, 2.45) is 0 Å². The molecule has 0 bridgehead atoms. The average molecular weight is 309 g/mol. The van der Waals surface area contributed by atoms with Gasteiger partial charge in [0.25, 0.3) is 0 Å². The van der Waals surface area contributed by atoms with Crippen LogP contribution in [-0.2, 0) is 6.54 Å². The van der Waals surface area contributed by atoms with Crippen molar-refractivity contribution in [3.8, 4) is 0 Å². The molecule has 2 aromatic rings. The fraction of sp³-hybridized carbons (Fsp3) is 0.350. The van der Waals surface area contributed by atoms with Gasteiger partial charge in [0.05, 0.1) is 5.56 Å². The molecule has 3 nitrogen and oxygen atoms in total. The minimum Gasteiger partial charge on any atom is -0.478 e. The van der Waals surface area contributed by atoms with Crippen LogP contribution in [0.25, 0.3) is 0 Å². The Balaban J connectivity index is 1.75. The maximum Gasteiger partial charge on any atom is 0.335 e. The molecule has 1 N–H and O–H groups in total. The third-order valence-electron chi connectivity index (χ3n) is 5.13. The van der Waals surface area contributed by atoms with E-state index in [9.17, 15) is 4.79 Å². The van der Waals surface area contributed by atoms with Crippen LogP contribution in [-0.4, -0.2) is 28.1 Å². The SMILES string of the molecule is CC1(C)C(c2ccccc2)CCN1Cc1ccc(C(=O)O)cc1. The van der Waals surface area contributed by atoms with Crippen LogP contribution in [0.5, 0.6) is 0 Å². The van der Waals surface area contributed by atoms with Crippen molar-refractivity contribution in [2.75, 3.05) is 6.54 Å². The van der Waals surface area contributed by atoms with Crippen LogP contribution in [0, 0.1) is 0 Å². The van der Waals surface area contributed by atoms with E-state index in [1.165, 1.54) is 5.56 Å². The molecule has 0 spiro atoms. The molecule has 1 heterocycles. The first-order chi connectivity index (χ1) is 11.0. The molecule has 0 aliphatic carbocycles. The molecule has 0 saturated carbocycles. The van der Waals surface area contributed by atoms with Gasteiger partial charge in [-0.3, -0.25) is 4.90 Å². The summed E-state index contributed by atoms with van der Waals surface area (Å²) in [6.45, 7) is 6.54. The second kappa shape index (κ2) is 6.17. The molecule has 2 aromatic carbocycles. The van der Waals surface area contributed by atoms with Crippen molar-refractivity contribution in [2.45, 2.75) is 38.3 Å². The van der Waals surface area contributed by atoms with E-state index in [1.807, 2.05) is 12.1 Å². The maximum absolute atomic E-state index is 10.9. The topological polar surface area (TPSA) is 40.5 Å². The molecule has 120 valence electrons. The minimum atomic E-state index is -0.873. The van der Waals surface area contributed by atoms with Crippen molar-refractivity contribution in [3.63, 3.8) is 0 Å². The summed E-state index contributed by atoms with van der Waals surface area (Å²) in [6, 6.07) is 18.0. The fourth-order valence-electron chi connectivity index (χ4n) is 3.66. The zero-order valence-electron chi connectivity index (χ0n) is 13.7. The minimum absolute atomic E-state index is 0.0901. The normalized spacial score (nSPS) is 20.5. The number of hydrogen-bond acceptors (Lipinski definition) is 2. The first-order valence-corrected chi connectivity index (χ1v) is 8.10. The van der Waals surface area contributed by atoms with Gasteiger partial charge in [0.2, 0.25) is 0 Å². The number of carboxylic acid groups (broad SMARTS) is 1. The van der Waals surface area contributed by atoms with E-state index in [-0.39, 0.29) is 5.54 Å². The number of hydrogen-bond donors (Lipinski definition) is 1. The molecule has 23 heavy (non-hydrogen) atoms. The molecule has 3 rings (SSSR count). The monoisotopic (exact) mass is 309 g/mol. The lowest BCUT2D eigenvalue weighted by molar-refractivity contribution is 0.0697. The number of carboxylic acids is 1. The highest BCUT2D eigenvalue weighted by Gasteiger charge is 2.41. The van der Waals surface area contributed by atoms with Crippen molar-refractivity contribution < 1.29 is 9.90 Å². The quantitative estimate of drug-likeness (QED) is 0.922. The van der Waals surface area contributed by atoms with Gasteiger partial charge in [-0.25, -0.2) is 4.79 Å². The summed E-state index contributed by atoms with van der Waals surface area (Å²) in [7, 11) is 0. The number of carbonyl (C=O) groups is 1. The van der Waals surface area contributed by atoms with Crippen LogP contribution >= 0.6 is 0 Å². The van der Waals surface area contributed by atoms with Gasteiger partial charge in [-0.1, -0.05) is 42.5 Å². The summed E-state index contributed by atoms with van der Waals surface area (Å²) in [5.74, 6) is -0.343. The van der Waals surface area contributed by atoms with Crippen molar-refractivity contribution in [1.29, 1.82) is 0 Å². The Labute approximate surface area is 137 Å². The fourth-order valence-corrected chi connectivity index (χ4v) is 3.66. The highest BCUT2D eigenvalue weighted by atomic mass is 16.4. The van der Waals surface area contributed by atoms with Gasteiger partial charge in [-0.05, 0) is 50.1 Å². The summed E-state index contributed by atoms with van der Waals surface area (Å²) < 4.78 is 0. The van der Waals surface area contributed by atoms with Crippen LogP contribution in [0.15, 0.2) is 54.6 Å². The van der Waals surface area contributed by atoms with Crippen LogP contribution < -0.4 is 0 Å². The third-order valence-corrected chi connectivity index (χ3v) is 5.13. The maximum atomic E-state index is 10.9. The van der Waals surface area contributed by atoms with E-state index < -0.39 is 5.97 Å². The summed E-state index contributed by atoms with van der Waals surface area (Å²) >= 11 is 0. The summed E-state index contributed by atoms with van der Waals surface area (Å²) in [6.07, 6.45) is 1.16. The van der Waals surface area contributed by atoms with E-state index in [0.717, 1.165) is 25.1 Å². The van der Waals surface area contributed by atoms with Gasteiger partial charge in [0, 0.05) is 18.0 Å². The Morgan fingerprint density at radius 3 is 2.39 bits per heavy atom. The molecule has 0 radical (unpaired) electrons. The Kier molecular flexibility index (Phi) is 4.22. The molecule has 0 amide bonds. The van der Waals surface area contributed by atoms with Gasteiger partial charge < -0.3 is 5.11 Å². The number of rotatable bonds is 4. The molecule has 3 heteroatoms. The van der Waals surface area contributed by atoms with E-state index in [4.69, 9.17) is 5.11 Å². The zero-order chi connectivity index (χ0) is 16.4. The Morgan fingerprint density at radius 1 is 1.13 bits per heavy atom. The zero-order valence-corrected chi connectivity index (χ0v) is 13.7. The van der Waals surface area contributed by atoms with E-state index >= 15 is 0 Å². The lowest BCUT2D eigenvalue weighted by Gasteiger charge is -2.36. The Bertz CT molecular complexity index is 677. The molecule has 1 saturated heterocycles. The van der Waals surface area contributed by atoms with E-state index in [2.05, 4.69) is 49.1 Å². The predicted octanol–water partition coefficient (Wildman–Crippen LogP) is 4.15. The number of likely N-dealkylation sites (tertiary alicyclic amines) is 1. The number of nitrogens with zero attached hydrogens (tertiary/aromatic N) is 1. The van der Waals surface area contributed by atoms with Crippen LogP contribution in [0.2, 0.25) is 0 Å². The molecular formula is C20H23NO2. The van der Waals surface area contributed by atoms with Crippen LogP contribution in [0.4, 0.5) is 0 Å². The average Bonchev–Trinajstić information content (AvgIpc) is 2.83. The largest absolute Gasteiger partial charge is 0.478 e. The summed E-state index contributed by atoms with van der Waals surface area (Å²) in [4.78, 5) is 13.4. The first-order valence-electron chi connectivity index (χ1n) is 8.10. The van der Waals surface area contributed by atoms with Gasteiger partial charge in [0.15, 0.2) is 0 Å². The standard InChI is InChI=1S/C20H23NO2/c1-20(2)18(16-6-4-3-5-7-16)12-13-21(20)14-15-8-10-17(11-9-15)19(22)23/h3-11,18H,12-14H2,1-2H3,(H,22,23). The van der Waals surface area contributed by atoms with Gasteiger partial charge in [-0.15, -0.1) is 0 Å². The van der Waals surface area contributed by atoms with Crippen molar-refractivity contribution >= 4 is 5.97 Å². The predicted molar refractivity (Wildman–Crippen MR) is 91.7 cm³/mol. The first kappa shape index (κ1) is 15.8. The lowest BCUT2D eigenvalue weighted by Crippen LogP contribution is -2.41. The summed E-state index contributed by atoms with van der Waals surface area (Å²) in [5.41, 5.74) is 3.00. The van der Waals surface area contributed by atoms with Gasteiger partial charge in [0.1, 0.15) is 0 Å². The molecule has 1 unspecified atom stereocenters. The number of benzene rings is 2. The van der Waals surface area contributed by atoms with Crippen LogP contribution in [0.3, 0.4) is 0 Å². The number of aromatic carboxylic acids is 1. The molecule has 1 atom stereocenters. The molecule has 1 aliphatic rings. The van der Waals surface area contributed by atoms with Crippen LogP contribution in [0.1, 0.15) is 47.7 Å². The van der Waals surface area contributed by atoms with Crippen molar-refractivity contribution in [3.05, 3.63) is 71.3 Å². The molecular weight excluding hydrogens is 286 g/mol. The summed E-state index contributed by atoms with van der Waals surface area (Å²) in [5, 5.41) is 8.99.